The molecule has 1 heterocycles. The SMILES string of the molecule is Cc1nc(-c2ccc(S(=O)(=O)NC(C)(C)CN)cc2)co1.Cl. The fourth-order valence-corrected chi connectivity index (χ4v) is 3.19. The Bertz CT molecular complexity index is 724. The molecule has 8 heteroatoms. The van der Waals surface area contributed by atoms with E-state index in [1.54, 1.807) is 32.9 Å². The van der Waals surface area contributed by atoms with E-state index in [-0.39, 0.29) is 23.8 Å². The molecule has 2 rings (SSSR count). The predicted octanol–water partition coefficient (Wildman–Crippen LogP) is 2.09. The number of aryl methyl sites for hydroxylation is 1. The average molecular weight is 346 g/mol. The maximum absolute atomic E-state index is 12.3. The van der Waals surface area contributed by atoms with Gasteiger partial charge in [-0.25, -0.2) is 18.1 Å². The largest absolute Gasteiger partial charge is 0.449 e. The van der Waals surface area contributed by atoms with E-state index in [0.717, 1.165) is 5.56 Å². The summed E-state index contributed by atoms with van der Waals surface area (Å²) < 4.78 is 32.2. The minimum Gasteiger partial charge on any atom is -0.449 e. The lowest BCUT2D eigenvalue weighted by atomic mass is 10.1. The maximum atomic E-state index is 12.3. The van der Waals surface area contributed by atoms with Crippen LogP contribution in [-0.2, 0) is 10.0 Å². The molecule has 1 aromatic heterocycles. The van der Waals surface area contributed by atoms with Crippen LogP contribution in [0.1, 0.15) is 19.7 Å². The molecule has 0 radical (unpaired) electrons. The first kappa shape index (κ1) is 18.6. The second-order valence-electron chi connectivity index (χ2n) is 5.47. The molecule has 2 aromatic rings. The molecule has 1 aromatic carbocycles. The van der Waals surface area contributed by atoms with Crippen LogP contribution in [0.5, 0.6) is 0 Å². The predicted molar refractivity (Wildman–Crippen MR) is 87.4 cm³/mol. The number of halogens is 1. The van der Waals surface area contributed by atoms with Crippen LogP contribution in [0, 0.1) is 6.92 Å². The van der Waals surface area contributed by atoms with Crippen molar-refractivity contribution in [2.75, 3.05) is 6.54 Å². The van der Waals surface area contributed by atoms with Gasteiger partial charge in [-0.05, 0) is 26.0 Å². The quantitative estimate of drug-likeness (QED) is 0.864. The van der Waals surface area contributed by atoms with Crippen LogP contribution in [-0.4, -0.2) is 25.5 Å². The minimum atomic E-state index is -3.60. The van der Waals surface area contributed by atoms with Crippen LogP contribution >= 0.6 is 12.4 Å². The zero-order chi connectivity index (χ0) is 15.7. The Kier molecular flexibility index (Phi) is 5.75. The molecule has 122 valence electrons. The van der Waals surface area contributed by atoms with Crippen LogP contribution in [0.4, 0.5) is 0 Å². The fourth-order valence-electron chi connectivity index (χ4n) is 1.77. The normalized spacial score (nSPS) is 12.0. The zero-order valence-electron chi connectivity index (χ0n) is 12.7. The van der Waals surface area contributed by atoms with Crippen molar-refractivity contribution in [3.05, 3.63) is 36.4 Å². The number of sulfonamides is 1. The number of hydrogen-bond donors (Lipinski definition) is 2. The van der Waals surface area contributed by atoms with Crippen molar-refractivity contribution < 1.29 is 12.8 Å². The molecule has 0 saturated carbocycles. The van der Waals surface area contributed by atoms with Gasteiger partial charge in [0, 0.05) is 24.6 Å². The van der Waals surface area contributed by atoms with Gasteiger partial charge in [-0.15, -0.1) is 12.4 Å². The molecular weight excluding hydrogens is 326 g/mol. The summed E-state index contributed by atoms with van der Waals surface area (Å²) in [6.45, 7) is 5.43. The molecule has 3 N–H and O–H groups in total. The van der Waals surface area contributed by atoms with Crippen molar-refractivity contribution in [3.63, 3.8) is 0 Å². The first-order chi connectivity index (χ1) is 9.73. The zero-order valence-corrected chi connectivity index (χ0v) is 14.3. The topological polar surface area (TPSA) is 98.2 Å². The summed E-state index contributed by atoms with van der Waals surface area (Å²) in [6.07, 6.45) is 1.54. The molecule has 0 bridgehead atoms. The summed E-state index contributed by atoms with van der Waals surface area (Å²) >= 11 is 0. The number of nitrogens with one attached hydrogen (secondary N) is 1. The third-order valence-electron chi connectivity index (χ3n) is 3.00. The summed E-state index contributed by atoms with van der Waals surface area (Å²) in [4.78, 5) is 4.39. The summed E-state index contributed by atoms with van der Waals surface area (Å²) in [5.74, 6) is 0.563. The van der Waals surface area contributed by atoms with Crippen molar-refractivity contribution >= 4 is 22.4 Å². The molecule has 22 heavy (non-hydrogen) atoms. The second-order valence-corrected chi connectivity index (χ2v) is 7.15. The third-order valence-corrected chi connectivity index (χ3v) is 4.71. The van der Waals surface area contributed by atoms with Gasteiger partial charge in [-0.1, -0.05) is 12.1 Å². The molecule has 0 saturated heterocycles. The lowest BCUT2D eigenvalue weighted by Crippen LogP contribution is -2.48. The van der Waals surface area contributed by atoms with E-state index in [0.29, 0.717) is 11.6 Å². The number of benzene rings is 1. The lowest BCUT2D eigenvalue weighted by Gasteiger charge is -2.23. The van der Waals surface area contributed by atoms with Crippen molar-refractivity contribution in [2.24, 2.45) is 5.73 Å². The molecular formula is C14H20ClN3O3S. The van der Waals surface area contributed by atoms with Gasteiger partial charge >= 0.3 is 0 Å². The van der Waals surface area contributed by atoms with Gasteiger partial charge in [0.15, 0.2) is 5.89 Å². The minimum absolute atomic E-state index is 0. The Morgan fingerprint density at radius 3 is 2.32 bits per heavy atom. The Morgan fingerprint density at radius 2 is 1.86 bits per heavy atom. The summed E-state index contributed by atoms with van der Waals surface area (Å²) in [6, 6.07) is 6.46. The van der Waals surface area contributed by atoms with E-state index < -0.39 is 15.6 Å². The van der Waals surface area contributed by atoms with E-state index >= 15 is 0 Å². The number of hydrogen-bond acceptors (Lipinski definition) is 5. The van der Waals surface area contributed by atoms with Crippen molar-refractivity contribution in [3.8, 4) is 11.3 Å². The Balaban J connectivity index is 0.00000242. The van der Waals surface area contributed by atoms with Crippen molar-refractivity contribution in [2.45, 2.75) is 31.2 Å². The number of oxazole rings is 1. The Morgan fingerprint density at radius 1 is 1.27 bits per heavy atom. The van der Waals surface area contributed by atoms with Crippen LogP contribution in [0.2, 0.25) is 0 Å². The highest BCUT2D eigenvalue weighted by Crippen LogP contribution is 2.21. The van der Waals surface area contributed by atoms with Crippen LogP contribution in [0.25, 0.3) is 11.3 Å². The molecule has 0 aliphatic heterocycles. The van der Waals surface area contributed by atoms with Crippen LogP contribution < -0.4 is 10.5 Å². The van der Waals surface area contributed by atoms with Crippen molar-refractivity contribution in [1.29, 1.82) is 0 Å². The molecule has 0 aliphatic rings. The van der Waals surface area contributed by atoms with Gasteiger partial charge < -0.3 is 10.2 Å². The van der Waals surface area contributed by atoms with Gasteiger partial charge in [0.2, 0.25) is 10.0 Å². The molecule has 6 nitrogen and oxygen atoms in total. The van der Waals surface area contributed by atoms with Crippen LogP contribution in [0.15, 0.2) is 39.8 Å². The molecule has 0 aliphatic carbocycles. The van der Waals surface area contributed by atoms with E-state index in [1.165, 1.54) is 18.4 Å². The third kappa shape index (κ3) is 4.30. The highest BCUT2D eigenvalue weighted by Gasteiger charge is 2.24. The lowest BCUT2D eigenvalue weighted by molar-refractivity contribution is 0.462. The number of aromatic nitrogens is 1. The highest BCUT2D eigenvalue weighted by molar-refractivity contribution is 7.89. The molecule has 0 amide bonds. The van der Waals surface area contributed by atoms with Gasteiger partial charge in [-0.3, -0.25) is 0 Å². The summed E-state index contributed by atoms with van der Waals surface area (Å²) in [7, 11) is -3.60. The Hall–Kier alpha value is -1.41. The molecule has 0 spiro atoms. The van der Waals surface area contributed by atoms with Gasteiger partial charge in [0.25, 0.3) is 0 Å². The second kappa shape index (κ2) is 6.78. The number of nitrogens with zero attached hydrogens (tertiary/aromatic N) is 1. The van der Waals surface area contributed by atoms with Gasteiger partial charge in [0.1, 0.15) is 12.0 Å². The van der Waals surface area contributed by atoms with Gasteiger partial charge in [-0.2, -0.15) is 0 Å². The Labute approximate surface area is 136 Å². The van der Waals surface area contributed by atoms with E-state index in [4.69, 9.17) is 10.2 Å². The molecule has 0 fully saturated rings. The summed E-state index contributed by atoms with van der Waals surface area (Å²) in [5.41, 5.74) is 6.32. The van der Waals surface area contributed by atoms with Crippen molar-refractivity contribution in [1.82, 2.24) is 9.71 Å². The first-order valence-corrected chi connectivity index (χ1v) is 7.98. The molecule has 0 atom stereocenters. The summed E-state index contributed by atoms with van der Waals surface area (Å²) in [5, 5.41) is 0. The standard InChI is InChI=1S/C14H19N3O3S.ClH/c1-10-16-13(8-20-10)11-4-6-12(7-5-11)21(18,19)17-14(2,3)9-15;/h4-8,17H,9,15H2,1-3H3;1H. The number of nitrogens with two attached hydrogens (primary N) is 1. The monoisotopic (exact) mass is 345 g/mol. The number of rotatable bonds is 5. The molecule has 0 unspecified atom stereocenters. The van der Waals surface area contributed by atoms with E-state index in [1.807, 2.05) is 0 Å². The average Bonchev–Trinajstić information content (AvgIpc) is 2.84. The maximum Gasteiger partial charge on any atom is 0.241 e. The van der Waals surface area contributed by atoms with E-state index in [9.17, 15) is 8.42 Å². The van der Waals surface area contributed by atoms with E-state index in [2.05, 4.69) is 9.71 Å². The van der Waals surface area contributed by atoms with Crippen LogP contribution in [0.3, 0.4) is 0 Å². The first-order valence-electron chi connectivity index (χ1n) is 6.50. The smallest absolute Gasteiger partial charge is 0.241 e. The van der Waals surface area contributed by atoms with Gasteiger partial charge in [0.05, 0.1) is 4.90 Å². The fraction of sp³-hybridized carbons (Fsp3) is 0.357. The highest BCUT2D eigenvalue weighted by atomic mass is 35.5.